The smallest absolute Gasteiger partial charge is 0.340 e. The third-order valence-corrected chi connectivity index (χ3v) is 4.42. The molecular weight excluding hydrogens is 358 g/mol. The van der Waals surface area contributed by atoms with E-state index in [1.165, 1.54) is 0 Å². The van der Waals surface area contributed by atoms with Crippen LogP contribution in [-0.4, -0.2) is 42.0 Å². The zero-order valence-electron chi connectivity index (χ0n) is 16.8. The van der Waals surface area contributed by atoms with E-state index in [2.05, 4.69) is 15.6 Å². The van der Waals surface area contributed by atoms with Crippen LogP contribution in [-0.2, 0) is 20.7 Å². The number of para-hydroxylation sites is 1. The van der Waals surface area contributed by atoms with Crippen LogP contribution in [0.15, 0.2) is 24.3 Å². The van der Waals surface area contributed by atoms with Gasteiger partial charge in [0.2, 0.25) is 5.91 Å². The number of rotatable bonds is 8. The fourth-order valence-electron chi connectivity index (χ4n) is 2.92. The summed E-state index contributed by atoms with van der Waals surface area (Å²) in [7, 11) is 0. The van der Waals surface area contributed by atoms with Crippen molar-refractivity contribution in [3.05, 3.63) is 41.1 Å². The van der Waals surface area contributed by atoms with Gasteiger partial charge in [0.15, 0.2) is 6.61 Å². The maximum atomic E-state index is 12.6. The van der Waals surface area contributed by atoms with Crippen LogP contribution >= 0.6 is 0 Å². The molecule has 1 atom stereocenters. The largest absolute Gasteiger partial charge is 0.452 e. The number of ether oxygens (including phenoxy) is 1. The average molecular weight is 385 g/mol. The molecule has 2 N–H and O–H groups in total. The molecule has 1 aromatic heterocycles. The molecule has 0 aliphatic rings. The van der Waals surface area contributed by atoms with Crippen molar-refractivity contribution in [2.45, 2.75) is 46.6 Å². The van der Waals surface area contributed by atoms with Gasteiger partial charge in [-0.3, -0.25) is 14.6 Å². The predicted octanol–water partition coefficient (Wildman–Crippen LogP) is 2.29. The Bertz CT molecular complexity index is 879. The topological polar surface area (TPSA) is 97.4 Å². The first-order chi connectivity index (χ1) is 13.4. The number of amides is 2. The van der Waals surface area contributed by atoms with Crippen molar-refractivity contribution in [3.63, 3.8) is 0 Å². The monoisotopic (exact) mass is 385 g/mol. The Kier molecular flexibility index (Phi) is 7.49. The third-order valence-electron chi connectivity index (χ3n) is 4.42. The van der Waals surface area contributed by atoms with E-state index in [9.17, 15) is 14.4 Å². The van der Waals surface area contributed by atoms with Gasteiger partial charge in [-0.05, 0) is 38.3 Å². The highest BCUT2D eigenvalue weighted by atomic mass is 16.5. The Morgan fingerprint density at radius 2 is 1.89 bits per heavy atom. The first-order valence-electron chi connectivity index (χ1n) is 9.51. The molecule has 0 saturated carbocycles. The number of nitrogens with one attached hydrogen (secondary N) is 2. The van der Waals surface area contributed by atoms with Crippen LogP contribution in [0.2, 0.25) is 0 Å². The van der Waals surface area contributed by atoms with Crippen molar-refractivity contribution in [3.8, 4) is 0 Å². The molecule has 1 aromatic carbocycles. The van der Waals surface area contributed by atoms with Crippen molar-refractivity contribution in [1.29, 1.82) is 0 Å². The first kappa shape index (κ1) is 21.3. The van der Waals surface area contributed by atoms with E-state index in [4.69, 9.17) is 4.74 Å². The van der Waals surface area contributed by atoms with E-state index in [0.717, 1.165) is 22.9 Å². The van der Waals surface area contributed by atoms with E-state index in [1.807, 2.05) is 45.0 Å². The molecule has 1 heterocycles. The molecule has 0 bridgehead atoms. The average Bonchev–Trinajstić information content (AvgIpc) is 2.69. The lowest BCUT2D eigenvalue weighted by Crippen LogP contribution is -2.46. The summed E-state index contributed by atoms with van der Waals surface area (Å²) in [5, 5.41) is 6.09. The van der Waals surface area contributed by atoms with Gasteiger partial charge >= 0.3 is 5.97 Å². The van der Waals surface area contributed by atoms with E-state index in [1.54, 1.807) is 6.92 Å². The van der Waals surface area contributed by atoms with Gasteiger partial charge < -0.3 is 15.4 Å². The van der Waals surface area contributed by atoms with Gasteiger partial charge in [0.25, 0.3) is 5.91 Å². The molecule has 0 radical (unpaired) electrons. The van der Waals surface area contributed by atoms with E-state index in [-0.39, 0.29) is 5.91 Å². The van der Waals surface area contributed by atoms with Crippen LogP contribution in [0.3, 0.4) is 0 Å². The molecule has 0 fully saturated rings. The third kappa shape index (κ3) is 5.06. The van der Waals surface area contributed by atoms with Crippen LogP contribution < -0.4 is 10.6 Å². The van der Waals surface area contributed by atoms with Crippen LogP contribution in [0.1, 0.15) is 48.8 Å². The molecule has 0 spiro atoms. The second-order valence-corrected chi connectivity index (χ2v) is 6.59. The molecule has 28 heavy (non-hydrogen) atoms. The Labute approximate surface area is 164 Å². The molecule has 0 aliphatic carbocycles. The Balaban J connectivity index is 2.06. The van der Waals surface area contributed by atoms with Crippen molar-refractivity contribution < 1.29 is 19.1 Å². The summed E-state index contributed by atoms with van der Waals surface area (Å²) in [5.41, 5.74) is 2.62. The minimum absolute atomic E-state index is 0.274. The summed E-state index contributed by atoms with van der Waals surface area (Å²) in [5.74, 6) is -1.40. The molecule has 2 aromatic rings. The van der Waals surface area contributed by atoms with Crippen molar-refractivity contribution in [1.82, 2.24) is 15.6 Å². The summed E-state index contributed by atoms with van der Waals surface area (Å²) >= 11 is 0. The quantitative estimate of drug-likeness (QED) is 0.680. The number of esters is 1. The van der Waals surface area contributed by atoms with Gasteiger partial charge in [-0.15, -0.1) is 0 Å². The molecule has 150 valence electrons. The van der Waals surface area contributed by atoms with Crippen LogP contribution in [0.5, 0.6) is 0 Å². The predicted molar refractivity (Wildman–Crippen MR) is 107 cm³/mol. The fraction of sp³-hybridized carbons (Fsp3) is 0.429. The van der Waals surface area contributed by atoms with E-state index < -0.39 is 24.5 Å². The summed E-state index contributed by atoms with van der Waals surface area (Å²) in [6.07, 6.45) is 1.37. The minimum atomic E-state index is -0.701. The summed E-state index contributed by atoms with van der Waals surface area (Å²) < 4.78 is 5.20. The van der Waals surface area contributed by atoms with Crippen LogP contribution in [0.25, 0.3) is 10.9 Å². The molecule has 0 aliphatic heterocycles. The Morgan fingerprint density at radius 3 is 2.57 bits per heavy atom. The SMILES string of the molecule is CCCNC(=O)[C@H](C)NC(=O)COC(=O)c1c(CC)nc2ccccc2c1C. The van der Waals surface area contributed by atoms with Crippen molar-refractivity contribution in [2.24, 2.45) is 0 Å². The van der Waals surface area contributed by atoms with Gasteiger partial charge in [-0.25, -0.2) is 4.79 Å². The van der Waals surface area contributed by atoms with Gasteiger partial charge in [0.05, 0.1) is 16.8 Å². The Morgan fingerprint density at radius 1 is 1.18 bits per heavy atom. The lowest BCUT2D eigenvalue weighted by atomic mass is 10.0. The number of fused-ring (bicyclic) bond motifs is 1. The number of aromatic nitrogens is 1. The van der Waals surface area contributed by atoms with Gasteiger partial charge in [0.1, 0.15) is 6.04 Å². The molecular formula is C21H27N3O4. The second-order valence-electron chi connectivity index (χ2n) is 6.59. The molecule has 7 nitrogen and oxygen atoms in total. The summed E-state index contributed by atoms with van der Waals surface area (Å²) in [4.78, 5) is 41.0. The molecule has 2 amide bonds. The number of aryl methyl sites for hydroxylation is 2. The number of carbonyl (C=O) groups is 3. The molecule has 7 heteroatoms. The second kappa shape index (κ2) is 9.82. The highest BCUT2D eigenvalue weighted by Crippen LogP contribution is 2.24. The zero-order chi connectivity index (χ0) is 20.7. The van der Waals surface area contributed by atoms with Gasteiger partial charge in [0, 0.05) is 11.9 Å². The van der Waals surface area contributed by atoms with Crippen molar-refractivity contribution >= 4 is 28.7 Å². The number of pyridine rings is 1. The highest BCUT2D eigenvalue weighted by molar-refractivity contribution is 5.99. The molecule has 2 rings (SSSR count). The van der Waals surface area contributed by atoms with E-state index >= 15 is 0 Å². The van der Waals surface area contributed by atoms with Crippen LogP contribution in [0.4, 0.5) is 0 Å². The number of hydrogen-bond donors (Lipinski definition) is 2. The lowest BCUT2D eigenvalue weighted by Gasteiger charge is -2.15. The number of benzene rings is 1. The van der Waals surface area contributed by atoms with Gasteiger partial charge in [-0.2, -0.15) is 0 Å². The van der Waals surface area contributed by atoms with E-state index in [0.29, 0.717) is 24.2 Å². The molecule has 0 saturated heterocycles. The summed E-state index contributed by atoms with van der Waals surface area (Å²) in [6, 6.07) is 6.88. The highest BCUT2D eigenvalue weighted by Gasteiger charge is 2.21. The normalized spacial score (nSPS) is 11.7. The van der Waals surface area contributed by atoms with Crippen molar-refractivity contribution in [2.75, 3.05) is 13.2 Å². The number of hydrogen-bond acceptors (Lipinski definition) is 5. The molecule has 0 unspecified atom stereocenters. The van der Waals surface area contributed by atoms with Crippen LogP contribution in [0, 0.1) is 6.92 Å². The maximum Gasteiger partial charge on any atom is 0.340 e. The number of carbonyl (C=O) groups excluding carboxylic acids is 3. The summed E-state index contributed by atoms with van der Waals surface area (Å²) in [6.45, 7) is 7.37. The number of nitrogens with zero attached hydrogens (tertiary/aromatic N) is 1. The fourth-order valence-corrected chi connectivity index (χ4v) is 2.92. The van der Waals surface area contributed by atoms with Gasteiger partial charge in [-0.1, -0.05) is 32.0 Å². The zero-order valence-corrected chi connectivity index (χ0v) is 16.8. The first-order valence-corrected chi connectivity index (χ1v) is 9.51. The standard InChI is InChI=1S/C21H27N3O4/c1-5-11-22-20(26)14(4)23-18(25)12-28-21(27)19-13(3)15-9-7-8-10-17(15)24-16(19)6-2/h7-10,14H,5-6,11-12H2,1-4H3,(H,22,26)(H,23,25)/t14-/m0/s1. The minimum Gasteiger partial charge on any atom is -0.452 e. The maximum absolute atomic E-state index is 12.6. The lowest BCUT2D eigenvalue weighted by molar-refractivity contribution is -0.130. The Hall–Kier alpha value is -2.96.